The van der Waals surface area contributed by atoms with Gasteiger partial charge in [0.05, 0.1) is 6.04 Å². The molecule has 0 aromatic heterocycles. The molecule has 3 atom stereocenters. The predicted octanol–water partition coefficient (Wildman–Crippen LogP) is 0.995. The Bertz CT molecular complexity index is 229. The Balaban J connectivity index is 1.84. The Morgan fingerprint density at radius 1 is 1.57 bits per heavy atom. The average Bonchev–Trinajstić information content (AvgIpc) is 2.76. The molecule has 1 saturated heterocycles. The Morgan fingerprint density at radius 2 is 2.29 bits per heavy atom. The molecule has 0 spiro atoms. The summed E-state index contributed by atoms with van der Waals surface area (Å²) in [5.74, 6) is 1.08. The van der Waals surface area contributed by atoms with E-state index in [1.807, 2.05) is 0 Å². The highest BCUT2D eigenvalue weighted by molar-refractivity contribution is 5.84. The first-order chi connectivity index (χ1) is 6.74. The van der Waals surface area contributed by atoms with Crippen LogP contribution in [0.2, 0.25) is 0 Å². The lowest BCUT2D eigenvalue weighted by Gasteiger charge is -2.16. The summed E-state index contributed by atoms with van der Waals surface area (Å²) < 4.78 is 0. The summed E-state index contributed by atoms with van der Waals surface area (Å²) in [4.78, 5) is 14.0. The minimum Gasteiger partial charge on any atom is -0.338 e. The normalized spacial score (nSPS) is 36.6. The molecule has 3 nitrogen and oxygen atoms in total. The number of nitrogens with zero attached hydrogens (tertiary/aromatic N) is 1. The van der Waals surface area contributed by atoms with Gasteiger partial charge in [0.2, 0.25) is 5.91 Å². The van der Waals surface area contributed by atoms with Crippen LogP contribution in [0.4, 0.5) is 0 Å². The predicted molar refractivity (Wildman–Crippen MR) is 56.0 cm³/mol. The van der Waals surface area contributed by atoms with Crippen LogP contribution in [0.5, 0.6) is 0 Å². The molecule has 2 aliphatic rings. The third-order valence-corrected chi connectivity index (χ3v) is 3.35. The zero-order valence-electron chi connectivity index (χ0n) is 9.12. The fourth-order valence-corrected chi connectivity index (χ4v) is 2.28. The molecule has 1 amide bonds. The minimum atomic E-state index is 0.114. The summed E-state index contributed by atoms with van der Waals surface area (Å²) in [6, 6.07) is 0.679. The summed E-state index contributed by atoms with van der Waals surface area (Å²) in [6.07, 6.45) is 3.32. The van der Waals surface area contributed by atoms with Gasteiger partial charge in [0.15, 0.2) is 0 Å². The largest absolute Gasteiger partial charge is 0.338 e. The van der Waals surface area contributed by atoms with Crippen LogP contribution in [0.25, 0.3) is 0 Å². The van der Waals surface area contributed by atoms with Gasteiger partial charge in [0.25, 0.3) is 0 Å². The molecule has 1 heterocycles. The molecular weight excluding hydrogens is 176 g/mol. The van der Waals surface area contributed by atoms with Crippen LogP contribution in [0.3, 0.4) is 0 Å². The summed E-state index contributed by atoms with van der Waals surface area (Å²) in [5.41, 5.74) is 0. The number of amides is 1. The minimum absolute atomic E-state index is 0.114. The lowest BCUT2D eigenvalue weighted by Crippen LogP contribution is -2.39. The summed E-state index contributed by atoms with van der Waals surface area (Å²) >= 11 is 0. The zero-order chi connectivity index (χ0) is 10.1. The number of carbonyl (C=O) groups excluding carboxylic acids is 1. The second-order valence-electron chi connectivity index (χ2n) is 4.61. The highest BCUT2D eigenvalue weighted by Crippen LogP contribution is 2.37. The van der Waals surface area contributed by atoms with Gasteiger partial charge in [-0.3, -0.25) is 4.79 Å². The van der Waals surface area contributed by atoms with Crippen molar-refractivity contribution in [1.29, 1.82) is 0 Å². The zero-order valence-corrected chi connectivity index (χ0v) is 9.12. The maximum Gasteiger partial charge on any atom is 0.240 e. The molecule has 0 radical (unpaired) electrons. The van der Waals surface area contributed by atoms with E-state index in [1.165, 1.54) is 6.42 Å². The molecule has 0 bridgehead atoms. The van der Waals surface area contributed by atoms with Gasteiger partial charge in [-0.2, -0.15) is 0 Å². The highest BCUT2D eigenvalue weighted by atomic mass is 16.2. The molecule has 3 heteroatoms. The summed E-state index contributed by atoms with van der Waals surface area (Å²) in [6.45, 7) is 6.29. The average molecular weight is 196 g/mol. The van der Waals surface area contributed by atoms with Gasteiger partial charge in [-0.1, -0.05) is 13.8 Å². The van der Waals surface area contributed by atoms with Crippen LogP contribution in [0, 0.1) is 5.92 Å². The fraction of sp³-hybridized carbons (Fsp3) is 0.909. The molecule has 1 aliphatic heterocycles. The summed E-state index contributed by atoms with van der Waals surface area (Å²) in [5, 5.41) is 3.32. The van der Waals surface area contributed by atoms with E-state index in [1.54, 1.807) is 0 Å². The van der Waals surface area contributed by atoms with Crippen molar-refractivity contribution in [2.45, 2.75) is 45.2 Å². The van der Waals surface area contributed by atoms with Crippen molar-refractivity contribution in [3.63, 3.8) is 0 Å². The number of hydrogen-bond donors (Lipinski definition) is 1. The van der Waals surface area contributed by atoms with Crippen molar-refractivity contribution in [3.8, 4) is 0 Å². The third kappa shape index (κ3) is 1.78. The molecule has 80 valence electrons. The van der Waals surface area contributed by atoms with E-state index in [0.29, 0.717) is 11.9 Å². The second-order valence-corrected chi connectivity index (χ2v) is 4.61. The molecule has 1 N–H and O–H groups in total. The van der Waals surface area contributed by atoms with Crippen molar-refractivity contribution in [2.24, 2.45) is 5.92 Å². The topological polar surface area (TPSA) is 32.3 Å². The van der Waals surface area contributed by atoms with E-state index in [0.717, 1.165) is 31.8 Å². The number of hydrogen-bond acceptors (Lipinski definition) is 2. The van der Waals surface area contributed by atoms with E-state index in [4.69, 9.17) is 0 Å². The molecule has 0 aromatic carbocycles. The van der Waals surface area contributed by atoms with Gasteiger partial charge in [-0.25, -0.2) is 0 Å². The molecule has 3 unspecified atom stereocenters. The lowest BCUT2D eigenvalue weighted by molar-refractivity contribution is -0.130. The smallest absolute Gasteiger partial charge is 0.240 e. The molecule has 1 saturated carbocycles. The maximum atomic E-state index is 11.9. The first-order valence-corrected chi connectivity index (χ1v) is 5.78. The van der Waals surface area contributed by atoms with Gasteiger partial charge in [-0.05, 0) is 31.7 Å². The van der Waals surface area contributed by atoms with Crippen molar-refractivity contribution in [2.75, 3.05) is 13.1 Å². The Kier molecular flexibility index (Phi) is 2.77. The second kappa shape index (κ2) is 3.89. The van der Waals surface area contributed by atoms with E-state index >= 15 is 0 Å². The van der Waals surface area contributed by atoms with Crippen molar-refractivity contribution < 1.29 is 4.79 Å². The Morgan fingerprint density at radius 3 is 2.86 bits per heavy atom. The Hall–Kier alpha value is -0.570. The number of likely N-dealkylation sites (tertiary alicyclic amines) is 1. The van der Waals surface area contributed by atoms with Gasteiger partial charge in [-0.15, -0.1) is 0 Å². The first kappa shape index (κ1) is 9.97. The number of carbonyl (C=O) groups is 1. The maximum absolute atomic E-state index is 11.9. The van der Waals surface area contributed by atoms with Gasteiger partial charge in [0, 0.05) is 12.6 Å². The van der Waals surface area contributed by atoms with E-state index in [-0.39, 0.29) is 6.04 Å². The molecule has 2 fully saturated rings. The molecule has 1 aliphatic carbocycles. The number of nitrogens with one attached hydrogen (secondary N) is 1. The first-order valence-electron chi connectivity index (χ1n) is 5.78. The van der Waals surface area contributed by atoms with Crippen LogP contribution >= 0.6 is 0 Å². The van der Waals surface area contributed by atoms with E-state index < -0.39 is 0 Å². The third-order valence-electron chi connectivity index (χ3n) is 3.35. The Labute approximate surface area is 85.8 Å². The van der Waals surface area contributed by atoms with E-state index in [9.17, 15) is 4.79 Å². The standard InChI is InChI=1S/C11H20N2O/c1-3-5-12-9-4-6-13(11(9)14)10-7-8(10)2/h8-10,12H,3-7H2,1-2H3. The van der Waals surface area contributed by atoms with Crippen LogP contribution < -0.4 is 5.32 Å². The van der Waals surface area contributed by atoms with Crippen LogP contribution in [0.15, 0.2) is 0 Å². The lowest BCUT2D eigenvalue weighted by atomic mass is 10.2. The van der Waals surface area contributed by atoms with Crippen molar-refractivity contribution in [1.82, 2.24) is 10.2 Å². The molecule has 2 rings (SSSR count). The van der Waals surface area contributed by atoms with Crippen LogP contribution in [0.1, 0.15) is 33.1 Å². The fourth-order valence-electron chi connectivity index (χ4n) is 2.28. The number of rotatable bonds is 4. The van der Waals surface area contributed by atoms with Gasteiger partial charge >= 0.3 is 0 Å². The quantitative estimate of drug-likeness (QED) is 0.727. The SMILES string of the molecule is CCCNC1CCN(C2CC2C)C1=O. The van der Waals surface area contributed by atoms with Crippen LogP contribution in [-0.2, 0) is 4.79 Å². The van der Waals surface area contributed by atoms with Gasteiger partial charge in [0.1, 0.15) is 0 Å². The van der Waals surface area contributed by atoms with E-state index in [2.05, 4.69) is 24.1 Å². The van der Waals surface area contributed by atoms with Crippen LogP contribution in [-0.4, -0.2) is 36.0 Å². The monoisotopic (exact) mass is 196 g/mol. The highest BCUT2D eigenvalue weighted by Gasteiger charge is 2.44. The van der Waals surface area contributed by atoms with Crippen molar-refractivity contribution in [3.05, 3.63) is 0 Å². The van der Waals surface area contributed by atoms with Crippen molar-refractivity contribution >= 4 is 5.91 Å². The van der Waals surface area contributed by atoms with Gasteiger partial charge < -0.3 is 10.2 Å². The molecule has 14 heavy (non-hydrogen) atoms. The molecular formula is C11H20N2O. The molecule has 0 aromatic rings. The summed E-state index contributed by atoms with van der Waals surface area (Å²) in [7, 11) is 0.